The molecule has 180 valence electrons. The summed E-state index contributed by atoms with van der Waals surface area (Å²) in [5.74, 6) is 0. The minimum atomic E-state index is -5.73. The fourth-order valence-electron chi connectivity index (χ4n) is 3.59. The highest BCUT2D eigenvalue weighted by Gasteiger charge is 2.60. The number of benzene rings is 1. The number of carbonyl (C=O) groups is 1. The molecule has 0 atom stereocenters. The summed E-state index contributed by atoms with van der Waals surface area (Å²) in [6.07, 6.45) is -17.2. The maximum Gasteiger partial charge on any atom is 0.434 e. The molecule has 32 heavy (non-hydrogen) atoms. The molecule has 2 aliphatic heterocycles. The van der Waals surface area contributed by atoms with Gasteiger partial charge in [0.15, 0.2) is 0 Å². The molecule has 0 aliphatic carbocycles. The number of morpholine rings is 1. The second-order valence-corrected chi connectivity index (χ2v) is 8.40. The van der Waals surface area contributed by atoms with Crippen molar-refractivity contribution in [1.82, 2.24) is 9.80 Å². The van der Waals surface area contributed by atoms with E-state index in [0.717, 1.165) is 33.7 Å². The van der Waals surface area contributed by atoms with Crippen LogP contribution in [0.5, 0.6) is 0 Å². The molecule has 2 saturated heterocycles. The van der Waals surface area contributed by atoms with E-state index in [2.05, 4.69) is 25.6 Å². The Morgan fingerprint density at radius 3 is 2.16 bits per heavy atom. The SMILES string of the molecule is O=C(OC(C(F)(F)F)C(F)(F)F)N1CCN(Cc2ccc(Br)cc2N2CCOCC2)CC1. The third kappa shape index (κ3) is 6.41. The van der Waals surface area contributed by atoms with E-state index >= 15 is 0 Å². The molecular formula is C19H22BrF6N3O3. The van der Waals surface area contributed by atoms with Crippen LogP contribution in [0.15, 0.2) is 22.7 Å². The third-order valence-corrected chi connectivity index (χ3v) is 5.73. The highest BCUT2D eigenvalue weighted by molar-refractivity contribution is 9.10. The number of ether oxygens (including phenoxy) is 2. The van der Waals surface area contributed by atoms with Crippen molar-refractivity contribution in [2.75, 3.05) is 57.4 Å². The Morgan fingerprint density at radius 1 is 1.00 bits per heavy atom. The average Bonchev–Trinajstić information content (AvgIpc) is 2.72. The molecule has 0 saturated carbocycles. The summed E-state index contributed by atoms with van der Waals surface area (Å²) in [5.41, 5.74) is 2.06. The van der Waals surface area contributed by atoms with Gasteiger partial charge in [0.1, 0.15) is 0 Å². The van der Waals surface area contributed by atoms with Crippen LogP contribution in [-0.2, 0) is 16.0 Å². The molecule has 0 radical (unpaired) electrons. The predicted octanol–water partition coefficient (Wildman–Crippen LogP) is 4.03. The molecule has 3 rings (SSSR count). The van der Waals surface area contributed by atoms with E-state index in [1.807, 2.05) is 23.1 Å². The Labute approximate surface area is 189 Å². The first-order valence-corrected chi connectivity index (χ1v) is 10.7. The zero-order chi connectivity index (χ0) is 23.5. The largest absolute Gasteiger partial charge is 0.434 e. The summed E-state index contributed by atoms with van der Waals surface area (Å²) in [6.45, 7) is 3.73. The zero-order valence-electron chi connectivity index (χ0n) is 16.9. The molecule has 0 unspecified atom stereocenters. The number of carbonyl (C=O) groups excluding carboxylic acids is 1. The van der Waals surface area contributed by atoms with Gasteiger partial charge in [0.2, 0.25) is 0 Å². The Hall–Kier alpha value is -1.73. The van der Waals surface area contributed by atoms with Crippen molar-refractivity contribution in [3.63, 3.8) is 0 Å². The topological polar surface area (TPSA) is 45.2 Å². The number of hydrogen-bond donors (Lipinski definition) is 0. The summed E-state index contributed by atoms with van der Waals surface area (Å²) >= 11 is 3.47. The van der Waals surface area contributed by atoms with Crippen LogP contribution in [0.3, 0.4) is 0 Å². The van der Waals surface area contributed by atoms with Crippen molar-refractivity contribution < 1.29 is 40.6 Å². The van der Waals surface area contributed by atoms with Gasteiger partial charge in [-0.1, -0.05) is 22.0 Å². The quantitative estimate of drug-likeness (QED) is 0.547. The average molecular weight is 534 g/mol. The molecular weight excluding hydrogens is 512 g/mol. The zero-order valence-corrected chi connectivity index (χ0v) is 18.5. The molecule has 1 amide bonds. The van der Waals surface area contributed by atoms with Crippen LogP contribution in [-0.4, -0.2) is 86.8 Å². The van der Waals surface area contributed by atoms with Crippen molar-refractivity contribution in [1.29, 1.82) is 0 Å². The number of amides is 1. The van der Waals surface area contributed by atoms with E-state index < -0.39 is 24.5 Å². The molecule has 0 bridgehead atoms. The summed E-state index contributed by atoms with van der Waals surface area (Å²) in [7, 11) is 0. The molecule has 0 aromatic heterocycles. The van der Waals surface area contributed by atoms with Gasteiger partial charge >= 0.3 is 18.4 Å². The molecule has 2 aliphatic rings. The summed E-state index contributed by atoms with van der Waals surface area (Å²) < 4.78 is 85.9. The van der Waals surface area contributed by atoms with E-state index in [4.69, 9.17) is 4.74 Å². The molecule has 0 N–H and O–H groups in total. The minimum Gasteiger partial charge on any atom is -0.426 e. The van der Waals surface area contributed by atoms with Crippen molar-refractivity contribution in [2.45, 2.75) is 25.0 Å². The number of halogens is 7. The van der Waals surface area contributed by atoms with Crippen LogP contribution in [0.25, 0.3) is 0 Å². The van der Waals surface area contributed by atoms with E-state index in [1.165, 1.54) is 0 Å². The summed E-state index contributed by atoms with van der Waals surface area (Å²) in [6, 6.07) is 5.87. The van der Waals surface area contributed by atoms with Crippen LogP contribution >= 0.6 is 15.9 Å². The molecule has 6 nitrogen and oxygen atoms in total. The van der Waals surface area contributed by atoms with Crippen molar-refractivity contribution in [3.05, 3.63) is 28.2 Å². The van der Waals surface area contributed by atoms with Crippen molar-refractivity contribution in [3.8, 4) is 0 Å². The van der Waals surface area contributed by atoms with Gasteiger partial charge in [0.25, 0.3) is 6.10 Å². The Bertz CT molecular complexity index is 779. The Balaban J connectivity index is 1.59. The number of nitrogens with zero attached hydrogens (tertiary/aromatic N) is 3. The molecule has 2 fully saturated rings. The van der Waals surface area contributed by atoms with Crippen molar-refractivity contribution >= 4 is 27.7 Å². The monoisotopic (exact) mass is 533 g/mol. The van der Waals surface area contributed by atoms with Crippen molar-refractivity contribution in [2.24, 2.45) is 0 Å². The van der Waals surface area contributed by atoms with Gasteiger partial charge in [-0.2, -0.15) is 26.3 Å². The molecule has 2 heterocycles. The van der Waals surface area contributed by atoms with Crippen LogP contribution in [0.1, 0.15) is 5.56 Å². The standard InChI is InChI=1S/C19H22BrF6N3O3/c20-14-2-1-13(15(11-14)28-7-9-31-10-8-28)12-27-3-5-29(6-4-27)17(30)32-16(18(21,22)23)19(24,25)26/h1-2,11,16H,3-10,12H2. The number of rotatable bonds is 4. The molecule has 13 heteroatoms. The molecule has 0 spiro atoms. The maximum atomic E-state index is 12.6. The highest BCUT2D eigenvalue weighted by atomic mass is 79.9. The number of piperazine rings is 1. The van der Waals surface area contributed by atoms with Gasteiger partial charge in [0, 0.05) is 56.0 Å². The highest BCUT2D eigenvalue weighted by Crippen LogP contribution is 2.36. The van der Waals surface area contributed by atoms with Crippen LogP contribution in [0.2, 0.25) is 0 Å². The Kier molecular flexibility index (Phi) is 7.81. The normalized spacial score (nSPS) is 18.9. The van der Waals surface area contributed by atoms with Gasteiger partial charge in [-0.3, -0.25) is 4.90 Å². The van der Waals surface area contributed by atoms with Gasteiger partial charge in [-0.15, -0.1) is 0 Å². The first-order chi connectivity index (χ1) is 14.9. The molecule has 1 aromatic rings. The van der Waals surface area contributed by atoms with Gasteiger partial charge in [-0.25, -0.2) is 4.79 Å². The lowest BCUT2D eigenvalue weighted by molar-refractivity contribution is -0.308. The van der Waals surface area contributed by atoms with Gasteiger partial charge < -0.3 is 19.3 Å². The van der Waals surface area contributed by atoms with Crippen LogP contribution in [0.4, 0.5) is 36.8 Å². The van der Waals surface area contributed by atoms with Gasteiger partial charge in [-0.05, 0) is 17.7 Å². The second-order valence-electron chi connectivity index (χ2n) is 7.48. The second kappa shape index (κ2) is 10.0. The summed E-state index contributed by atoms with van der Waals surface area (Å²) in [5, 5.41) is 0. The number of anilines is 1. The lowest BCUT2D eigenvalue weighted by Crippen LogP contribution is -2.52. The summed E-state index contributed by atoms with van der Waals surface area (Å²) in [4.78, 5) is 17.0. The first kappa shape index (κ1) is 24.9. The lowest BCUT2D eigenvalue weighted by atomic mass is 10.1. The number of hydrogen-bond acceptors (Lipinski definition) is 5. The third-order valence-electron chi connectivity index (χ3n) is 5.24. The van der Waals surface area contributed by atoms with E-state index in [1.54, 1.807) is 0 Å². The van der Waals surface area contributed by atoms with Gasteiger partial charge in [0.05, 0.1) is 13.2 Å². The van der Waals surface area contributed by atoms with Crippen LogP contribution < -0.4 is 4.90 Å². The fourth-order valence-corrected chi connectivity index (χ4v) is 3.94. The molecule has 1 aromatic carbocycles. The first-order valence-electron chi connectivity index (χ1n) is 9.87. The predicted molar refractivity (Wildman–Crippen MR) is 106 cm³/mol. The van der Waals surface area contributed by atoms with E-state index in [9.17, 15) is 31.1 Å². The van der Waals surface area contributed by atoms with E-state index in [-0.39, 0.29) is 26.2 Å². The minimum absolute atomic E-state index is 0.0370. The van der Waals surface area contributed by atoms with E-state index in [0.29, 0.717) is 19.8 Å². The Morgan fingerprint density at radius 2 is 1.59 bits per heavy atom. The fraction of sp³-hybridized carbons (Fsp3) is 0.632. The smallest absolute Gasteiger partial charge is 0.426 e. The number of alkyl halides is 6. The van der Waals surface area contributed by atoms with Crippen LogP contribution in [0, 0.1) is 0 Å². The lowest BCUT2D eigenvalue weighted by Gasteiger charge is -2.36. The maximum absolute atomic E-state index is 12.6.